The Kier molecular flexibility index (Phi) is 6.33. The highest BCUT2D eigenvalue weighted by atomic mass is 16.6. The lowest BCUT2D eigenvalue weighted by molar-refractivity contribution is -0.167. The van der Waals surface area contributed by atoms with Crippen molar-refractivity contribution in [3.63, 3.8) is 0 Å². The summed E-state index contributed by atoms with van der Waals surface area (Å²) in [5, 5.41) is 2.66. The lowest BCUT2D eigenvalue weighted by Gasteiger charge is -2.25. The molecule has 0 saturated heterocycles. The molecule has 0 bridgehead atoms. The molecule has 22 heavy (non-hydrogen) atoms. The quantitative estimate of drug-likeness (QED) is 0.559. The highest BCUT2D eigenvalue weighted by Gasteiger charge is 2.48. The molecule has 0 spiro atoms. The van der Waals surface area contributed by atoms with E-state index >= 15 is 0 Å². The Morgan fingerprint density at radius 2 is 1.55 bits per heavy atom. The predicted molar refractivity (Wildman–Crippen MR) is 73.5 cm³/mol. The summed E-state index contributed by atoms with van der Waals surface area (Å²) in [6.07, 6.45) is -1.30. The summed E-state index contributed by atoms with van der Waals surface area (Å²) < 4.78 is 15.0. The Bertz CT molecular complexity index is 462. The van der Waals surface area contributed by atoms with Crippen LogP contribution in [-0.4, -0.2) is 49.2 Å². The number of carbonyl (C=O) groups excluding carboxylic acids is 4. The van der Waals surface area contributed by atoms with Crippen molar-refractivity contribution in [2.24, 2.45) is 5.92 Å². The van der Waals surface area contributed by atoms with Crippen LogP contribution in [0.4, 0.5) is 0 Å². The van der Waals surface area contributed by atoms with E-state index in [9.17, 15) is 19.2 Å². The number of rotatable bonds is 5. The number of methoxy groups -OCH3 is 1. The fraction of sp³-hybridized carbons (Fsp3) is 0.714. The first-order valence-corrected chi connectivity index (χ1v) is 6.93. The van der Waals surface area contributed by atoms with E-state index in [0.717, 1.165) is 0 Å². The van der Waals surface area contributed by atoms with Crippen LogP contribution in [0.25, 0.3) is 0 Å². The second-order valence-corrected chi connectivity index (χ2v) is 5.23. The van der Waals surface area contributed by atoms with Crippen molar-refractivity contribution in [2.75, 3.05) is 7.11 Å². The number of hydrogen-bond donors (Lipinski definition) is 1. The van der Waals surface area contributed by atoms with Gasteiger partial charge in [-0.1, -0.05) is 0 Å². The summed E-state index contributed by atoms with van der Waals surface area (Å²) in [7, 11) is 1.26. The van der Waals surface area contributed by atoms with Crippen LogP contribution >= 0.6 is 0 Å². The molecule has 8 nitrogen and oxygen atoms in total. The summed E-state index contributed by atoms with van der Waals surface area (Å²) >= 11 is 0. The van der Waals surface area contributed by atoms with Crippen molar-refractivity contribution in [3.8, 4) is 0 Å². The Hall–Kier alpha value is -2.12. The minimum absolute atomic E-state index is 0.00228. The number of amides is 1. The van der Waals surface area contributed by atoms with Crippen molar-refractivity contribution >= 4 is 23.8 Å². The topological polar surface area (TPSA) is 108 Å². The van der Waals surface area contributed by atoms with Gasteiger partial charge in [0.1, 0.15) is 6.10 Å². The van der Waals surface area contributed by atoms with Gasteiger partial charge >= 0.3 is 17.9 Å². The highest BCUT2D eigenvalue weighted by Crippen LogP contribution is 2.34. The number of esters is 3. The van der Waals surface area contributed by atoms with Crippen molar-refractivity contribution in [1.82, 2.24) is 5.32 Å². The molecule has 0 aromatic rings. The van der Waals surface area contributed by atoms with Gasteiger partial charge in [0.05, 0.1) is 19.6 Å². The number of ether oxygens (including phenoxy) is 3. The van der Waals surface area contributed by atoms with Crippen LogP contribution in [0, 0.1) is 5.92 Å². The Balaban J connectivity index is 2.99. The lowest BCUT2D eigenvalue weighted by atomic mass is 10.0. The SMILES string of the molecule is COC(=O)C[C@@H]1C[C@H](NC(C)=O)[C@@H](OC(C)=O)[C@@H]1OC(C)=O. The molecule has 1 fully saturated rings. The number of hydrogen-bond acceptors (Lipinski definition) is 7. The van der Waals surface area contributed by atoms with E-state index in [2.05, 4.69) is 10.1 Å². The van der Waals surface area contributed by atoms with Crippen molar-refractivity contribution in [3.05, 3.63) is 0 Å². The molecule has 0 aromatic heterocycles. The van der Waals surface area contributed by atoms with Gasteiger partial charge in [-0.25, -0.2) is 0 Å². The molecule has 0 heterocycles. The van der Waals surface area contributed by atoms with E-state index in [1.165, 1.54) is 27.9 Å². The maximum atomic E-state index is 11.5. The third-order valence-corrected chi connectivity index (χ3v) is 3.39. The zero-order valence-electron chi connectivity index (χ0n) is 13.1. The first kappa shape index (κ1) is 17.9. The van der Waals surface area contributed by atoms with Gasteiger partial charge in [-0.05, 0) is 6.42 Å². The van der Waals surface area contributed by atoms with Gasteiger partial charge in [-0.15, -0.1) is 0 Å². The molecule has 0 aromatic carbocycles. The molecule has 1 aliphatic carbocycles. The standard InChI is InChI=1S/C14H21NO7/c1-7(16)15-11-5-10(6-12(19)20-4)13(21-8(2)17)14(11)22-9(3)18/h10-11,13-14H,5-6H2,1-4H3,(H,15,16)/t10-,11-,13+,14+/m0/s1. The summed E-state index contributed by atoms with van der Waals surface area (Å²) in [4.78, 5) is 45.4. The zero-order valence-corrected chi connectivity index (χ0v) is 13.1. The van der Waals surface area contributed by atoms with Crippen LogP contribution < -0.4 is 5.32 Å². The van der Waals surface area contributed by atoms with Crippen LogP contribution in [0.5, 0.6) is 0 Å². The molecule has 1 amide bonds. The second-order valence-electron chi connectivity index (χ2n) is 5.23. The van der Waals surface area contributed by atoms with Gasteiger partial charge in [0.15, 0.2) is 6.10 Å². The minimum atomic E-state index is -0.833. The third kappa shape index (κ3) is 5.01. The zero-order chi connectivity index (χ0) is 16.9. The highest BCUT2D eigenvalue weighted by molar-refractivity contribution is 5.74. The van der Waals surface area contributed by atoms with Crippen LogP contribution in [-0.2, 0) is 33.4 Å². The Morgan fingerprint density at radius 3 is 2.00 bits per heavy atom. The van der Waals surface area contributed by atoms with Crippen LogP contribution in [0.15, 0.2) is 0 Å². The van der Waals surface area contributed by atoms with Gasteiger partial charge in [-0.2, -0.15) is 0 Å². The summed E-state index contributed by atoms with van der Waals surface area (Å²) in [5.74, 6) is -2.29. The summed E-state index contributed by atoms with van der Waals surface area (Å²) in [5.41, 5.74) is 0. The van der Waals surface area contributed by atoms with E-state index in [0.29, 0.717) is 6.42 Å². The molecule has 1 rings (SSSR count). The van der Waals surface area contributed by atoms with Crippen molar-refractivity contribution in [1.29, 1.82) is 0 Å². The van der Waals surface area contributed by atoms with Gasteiger partial charge in [0.25, 0.3) is 0 Å². The van der Waals surface area contributed by atoms with Crippen molar-refractivity contribution in [2.45, 2.75) is 51.9 Å². The predicted octanol–water partition coefficient (Wildman–Crippen LogP) is -0.0625. The molecule has 0 radical (unpaired) electrons. The average Bonchev–Trinajstić information content (AvgIpc) is 2.66. The molecule has 0 aliphatic heterocycles. The normalized spacial score (nSPS) is 26.9. The van der Waals surface area contributed by atoms with E-state index in [4.69, 9.17) is 9.47 Å². The molecule has 124 valence electrons. The average molecular weight is 315 g/mol. The molecule has 4 atom stereocenters. The Morgan fingerprint density at radius 1 is 1.00 bits per heavy atom. The van der Waals surface area contributed by atoms with Crippen LogP contribution in [0.3, 0.4) is 0 Å². The van der Waals surface area contributed by atoms with E-state index in [1.54, 1.807) is 0 Å². The largest absolute Gasteiger partial charge is 0.469 e. The molecular weight excluding hydrogens is 294 g/mol. The first-order chi connectivity index (χ1) is 10.2. The minimum Gasteiger partial charge on any atom is -0.469 e. The van der Waals surface area contributed by atoms with Crippen LogP contribution in [0.2, 0.25) is 0 Å². The first-order valence-electron chi connectivity index (χ1n) is 6.93. The van der Waals surface area contributed by atoms with E-state index < -0.39 is 42.1 Å². The summed E-state index contributed by atoms with van der Waals surface area (Å²) in [6, 6.07) is -0.527. The molecule has 0 unspecified atom stereocenters. The van der Waals surface area contributed by atoms with E-state index in [1.807, 2.05) is 0 Å². The van der Waals surface area contributed by atoms with Gasteiger partial charge in [0.2, 0.25) is 5.91 Å². The third-order valence-electron chi connectivity index (χ3n) is 3.39. The fourth-order valence-corrected chi connectivity index (χ4v) is 2.69. The lowest BCUT2D eigenvalue weighted by Crippen LogP contribution is -2.45. The Labute approximate surface area is 128 Å². The monoisotopic (exact) mass is 315 g/mol. The number of nitrogens with one attached hydrogen (secondary N) is 1. The summed E-state index contributed by atoms with van der Waals surface area (Å²) in [6.45, 7) is 3.79. The van der Waals surface area contributed by atoms with E-state index in [-0.39, 0.29) is 12.3 Å². The van der Waals surface area contributed by atoms with Gasteiger partial charge in [0, 0.05) is 26.7 Å². The number of carbonyl (C=O) groups is 4. The maximum absolute atomic E-state index is 11.5. The van der Waals surface area contributed by atoms with Crippen LogP contribution in [0.1, 0.15) is 33.6 Å². The van der Waals surface area contributed by atoms with Crippen molar-refractivity contribution < 1.29 is 33.4 Å². The van der Waals surface area contributed by atoms with Gasteiger partial charge in [-0.3, -0.25) is 19.2 Å². The maximum Gasteiger partial charge on any atom is 0.305 e. The molecule has 1 N–H and O–H groups in total. The molecule has 1 saturated carbocycles. The fourth-order valence-electron chi connectivity index (χ4n) is 2.69. The second kappa shape index (κ2) is 7.77. The smallest absolute Gasteiger partial charge is 0.305 e. The van der Waals surface area contributed by atoms with Gasteiger partial charge < -0.3 is 19.5 Å². The molecule has 8 heteroatoms. The molecule has 1 aliphatic rings. The molecular formula is C14H21NO7.